The van der Waals surface area contributed by atoms with Gasteiger partial charge in [-0.05, 0) is 26.7 Å². The maximum atomic E-state index is 12.3. The second kappa shape index (κ2) is 36.3. The SMILES string of the molecule is CCCCCCCCCCCCCCCCCC(=O)CC(C)(CO)CO.CCCCCCCCCCCCCCCCCC(=O)CC1(C)COC(C)(C)OC1. The molecule has 0 aromatic rings. The fraction of sp³-hybridized carbons (Fsp3) is 0.959. The third-order valence-corrected chi connectivity index (χ3v) is 11.7. The quantitative estimate of drug-likeness (QED) is 0.0606. The largest absolute Gasteiger partial charge is 0.396 e. The summed E-state index contributed by atoms with van der Waals surface area (Å²) in [5, 5.41) is 18.5. The van der Waals surface area contributed by atoms with Gasteiger partial charge in [0, 0.05) is 36.5 Å². The Balaban J connectivity index is 0.00000107. The molecule has 2 N–H and O–H groups in total. The van der Waals surface area contributed by atoms with Crippen molar-refractivity contribution in [2.24, 2.45) is 10.8 Å². The molecule has 1 saturated heterocycles. The Morgan fingerprint density at radius 1 is 0.473 bits per heavy atom. The van der Waals surface area contributed by atoms with E-state index in [1.165, 1.54) is 173 Å². The first-order valence-corrected chi connectivity index (χ1v) is 24.0. The van der Waals surface area contributed by atoms with Crippen LogP contribution in [0.1, 0.15) is 260 Å². The van der Waals surface area contributed by atoms with Crippen molar-refractivity contribution in [3.05, 3.63) is 0 Å². The van der Waals surface area contributed by atoms with Crippen molar-refractivity contribution in [1.82, 2.24) is 0 Å². The minimum absolute atomic E-state index is 0.131. The van der Waals surface area contributed by atoms with Gasteiger partial charge in [-0.2, -0.15) is 0 Å². The summed E-state index contributed by atoms with van der Waals surface area (Å²) in [7, 11) is 0. The van der Waals surface area contributed by atoms with Gasteiger partial charge in [-0.15, -0.1) is 0 Å². The van der Waals surface area contributed by atoms with E-state index in [2.05, 4.69) is 20.8 Å². The molecule has 0 aromatic heterocycles. The van der Waals surface area contributed by atoms with Crippen molar-refractivity contribution in [3.63, 3.8) is 0 Å². The molecule has 1 fully saturated rings. The molecule has 0 unspecified atom stereocenters. The number of rotatable bonds is 38. The molecular formula is C49H96O6. The molecule has 0 aromatic carbocycles. The highest BCUT2D eigenvalue weighted by Gasteiger charge is 2.37. The highest BCUT2D eigenvalue weighted by atomic mass is 16.7. The number of Topliss-reactive ketones (excluding diaryl/α,β-unsaturated/α-hetero) is 2. The van der Waals surface area contributed by atoms with Crippen LogP contribution in [-0.4, -0.2) is 54.0 Å². The highest BCUT2D eigenvalue weighted by Crippen LogP contribution is 2.33. The van der Waals surface area contributed by atoms with E-state index >= 15 is 0 Å². The van der Waals surface area contributed by atoms with E-state index in [9.17, 15) is 19.8 Å². The monoisotopic (exact) mass is 781 g/mol. The molecule has 0 aliphatic carbocycles. The van der Waals surface area contributed by atoms with Gasteiger partial charge in [0.25, 0.3) is 0 Å². The normalized spacial score (nSPS) is 15.1. The minimum atomic E-state index is -0.646. The minimum Gasteiger partial charge on any atom is -0.396 e. The molecule has 55 heavy (non-hydrogen) atoms. The van der Waals surface area contributed by atoms with E-state index in [0.29, 0.717) is 38.3 Å². The van der Waals surface area contributed by atoms with E-state index in [4.69, 9.17) is 9.47 Å². The topological polar surface area (TPSA) is 93.1 Å². The van der Waals surface area contributed by atoms with E-state index in [1.54, 1.807) is 6.92 Å². The summed E-state index contributed by atoms with van der Waals surface area (Å²) in [4.78, 5) is 24.2. The zero-order chi connectivity index (χ0) is 40.9. The standard InChI is InChI=1S/C26H50O3.C23H46O3/c1-5-6-7-8-9-10-11-12-13-14-15-16-17-18-19-20-24(27)21-26(4)22-28-25(2,3)29-23-26;1-3-4-5-6-7-8-9-10-11-12-13-14-15-16-17-18-22(26)19-23(2,20-24)21-25/h5-23H2,1-4H3;24-25H,3-21H2,1-2H3. The predicted molar refractivity (Wildman–Crippen MR) is 235 cm³/mol. The number of hydrogen-bond acceptors (Lipinski definition) is 6. The molecular weight excluding hydrogens is 685 g/mol. The van der Waals surface area contributed by atoms with E-state index in [0.717, 1.165) is 25.7 Å². The molecule has 328 valence electrons. The number of carbonyl (C=O) groups is 2. The Labute approximate surface area is 342 Å². The van der Waals surface area contributed by atoms with E-state index in [1.807, 2.05) is 13.8 Å². The highest BCUT2D eigenvalue weighted by molar-refractivity contribution is 5.79. The van der Waals surface area contributed by atoms with Gasteiger partial charge >= 0.3 is 0 Å². The number of aliphatic hydroxyl groups is 2. The Bertz CT molecular complexity index is 855. The lowest BCUT2D eigenvalue weighted by molar-refractivity contribution is -0.282. The van der Waals surface area contributed by atoms with Crippen LogP contribution in [-0.2, 0) is 19.1 Å². The number of carbonyl (C=O) groups excluding carboxylic acids is 2. The first kappa shape index (κ1) is 54.2. The maximum Gasteiger partial charge on any atom is 0.162 e. The van der Waals surface area contributed by atoms with Crippen LogP contribution in [0, 0.1) is 10.8 Å². The fourth-order valence-corrected chi connectivity index (χ4v) is 7.56. The summed E-state index contributed by atoms with van der Waals surface area (Å²) in [6, 6.07) is 0. The molecule has 0 atom stereocenters. The molecule has 0 saturated carbocycles. The van der Waals surface area contributed by atoms with Gasteiger partial charge in [0.05, 0.1) is 26.4 Å². The zero-order valence-corrected chi connectivity index (χ0v) is 37.9. The third kappa shape index (κ3) is 34.9. The Hall–Kier alpha value is -0.820. The Morgan fingerprint density at radius 3 is 1.04 bits per heavy atom. The van der Waals surface area contributed by atoms with Crippen molar-refractivity contribution in [2.45, 2.75) is 266 Å². The van der Waals surface area contributed by atoms with Crippen LogP contribution < -0.4 is 0 Å². The van der Waals surface area contributed by atoms with E-state index < -0.39 is 11.2 Å². The summed E-state index contributed by atoms with van der Waals surface area (Å²) in [5.41, 5.74) is -0.797. The van der Waals surface area contributed by atoms with Crippen molar-refractivity contribution < 1.29 is 29.3 Å². The van der Waals surface area contributed by atoms with Gasteiger partial charge in [0.15, 0.2) is 5.79 Å². The molecule has 0 amide bonds. The molecule has 6 heteroatoms. The van der Waals surface area contributed by atoms with Gasteiger partial charge in [-0.3, -0.25) is 9.59 Å². The number of unbranched alkanes of at least 4 members (excludes halogenated alkanes) is 28. The van der Waals surface area contributed by atoms with Crippen LogP contribution in [0.25, 0.3) is 0 Å². The summed E-state index contributed by atoms with van der Waals surface area (Å²) in [5.74, 6) is 0.0379. The molecule has 0 bridgehead atoms. The molecule has 1 aliphatic heterocycles. The summed E-state index contributed by atoms with van der Waals surface area (Å²) >= 11 is 0. The molecule has 1 aliphatic rings. The Morgan fingerprint density at radius 2 is 0.745 bits per heavy atom. The number of ether oxygens (including phenoxy) is 2. The molecule has 6 nitrogen and oxygen atoms in total. The van der Waals surface area contributed by atoms with Crippen LogP contribution in [0.15, 0.2) is 0 Å². The lowest BCUT2D eigenvalue weighted by atomic mass is 9.84. The van der Waals surface area contributed by atoms with Crippen LogP contribution in [0.2, 0.25) is 0 Å². The zero-order valence-electron chi connectivity index (χ0n) is 37.9. The number of aliphatic hydroxyl groups excluding tert-OH is 2. The average molecular weight is 781 g/mol. The van der Waals surface area contributed by atoms with Crippen molar-refractivity contribution >= 4 is 11.6 Å². The van der Waals surface area contributed by atoms with Gasteiger partial charge < -0.3 is 19.7 Å². The molecule has 1 heterocycles. The predicted octanol–water partition coefficient (Wildman–Crippen LogP) is 14.2. The first-order chi connectivity index (χ1) is 26.4. The molecule has 1 rings (SSSR count). The summed E-state index contributed by atoms with van der Waals surface area (Å²) in [6.07, 6.45) is 42.5. The molecule has 0 radical (unpaired) electrons. The Kier molecular flexibility index (Phi) is 35.7. The first-order valence-electron chi connectivity index (χ1n) is 24.0. The lowest BCUT2D eigenvalue weighted by Crippen LogP contribution is -2.45. The van der Waals surface area contributed by atoms with Gasteiger partial charge in [-0.25, -0.2) is 0 Å². The number of ketones is 2. The second-order valence-corrected chi connectivity index (χ2v) is 18.7. The van der Waals surface area contributed by atoms with Gasteiger partial charge in [0.1, 0.15) is 11.6 Å². The fourth-order valence-electron chi connectivity index (χ4n) is 7.56. The summed E-state index contributed by atoms with van der Waals surface area (Å²) in [6.45, 7) is 13.3. The van der Waals surface area contributed by atoms with E-state index in [-0.39, 0.29) is 24.4 Å². The number of hydrogen-bond donors (Lipinski definition) is 2. The van der Waals surface area contributed by atoms with Crippen LogP contribution in [0.3, 0.4) is 0 Å². The third-order valence-electron chi connectivity index (χ3n) is 11.7. The van der Waals surface area contributed by atoms with Crippen LogP contribution in [0.5, 0.6) is 0 Å². The van der Waals surface area contributed by atoms with Crippen molar-refractivity contribution in [3.8, 4) is 0 Å². The summed E-state index contributed by atoms with van der Waals surface area (Å²) < 4.78 is 11.5. The average Bonchev–Trinajstić information content (AvgIpc) is 3.16. The maximum absolute atomic E-state index is 12.3. The molecule has 0 spiro atoms. The lowest BCUT2D eigenvalue weighted by Gasteiger charge is -2.41. The van der Waals surface area contributed by atoms with Crippen LogP contribution in [0.4, 0.5) is 0 Å². The van der Waals surface area contributed by atoms with Gasteiger partial charge in [-0.1, -0.05) is 207 Å². The van der Waals surface area contributed by atoms with Crippen molar-refractivity contribution in [1.29, 1.82) is 0 Å². The van der Waals surface area contributed by atoms with Crippen molar-refractivity contribution in [2.75, 3.05) is 26.4 Å². The second-order valence-electron chi connectivity index (χ2n) is 18.7. The van der Waals surface area contributed by atoms with Gasteiger partial charge in [0.2, 0.25) is 0 Å². The van der Waals surface area contributed by atoms with Crippen LogP contribution >= 0.6 is 0 Å². The smallest absolute Gasteiger partial charge is 0.162 e.